The van der Waals surface area contributed by atoms with Crippen LogP contribution in [0.1, 0.15) is 56.9 Å². The standard InChI is InChI=1S/C28H41NO8/c1-2-34-28-22(10-14-32-16-17-33-15-13-30)23(21-8-9-24-25(18-21)36-20-35-24)19-26(37-28)27(31)29-11-6-4-3-5-7-12-29/h8-9,18-19,22-23,28,30H,2-7,10-17,20H2,1H3. The highest BCUT2D eigenvalue weighted by Gasteiger charge is 2.39. The van der Waals surface area contributed by atoms with Crippen molar-refractivity contribution in [2.75, 3.05) is 59.5 Å². The number of likely N-dealkylation sites (tertiary alicyclic amines) is 1. The highest BCUT2D eigenvalue weighted by atomic mass is 16.7. The van der Waals surface area contributed by atoms with Gasteiger partial charge in [0.2, 0.25) is 13.1 Å². The van der Waals surface area contributed by atoms with E-state index < -0.39 is 6.29 Å². The highest BCUT2D eigenvalue weighted by molar-refractivity contribution is 5.91. The van der Waals surface area contributed by atoms with Crippen LogP contribution < -0.4 is 9.47 Å². The second-order valence-corrected chi connectivity index (χ2v) is 9.57. The molecule has 1 saturated heterocycles. The first-order valence-electron chi connectivity index (χ1n) is 13.7. The number of ether oxygens (including phenoxy) is 6. The van der Waals surface area contributed by atoms with Crippen molar-refractivity contribution < 1.29 is 38.3 Å². The number of hydrogen-bond acceptors (Lipinski definition) is 8. The Morgan fingerprint density at radius 1 is 1.00 bits per heavy atom. The van der Waals surface area contributed by atoms with E-state index in [4.69, 9.17) is 33.5 Å². The van der Waals surface area contributed by atoms with E-state index in [1.54, 1.807) is 0 Å². The first kappa shape index (κ1) is 27.7. The Morgan fingerprint density at radius 2 is 1.73 bits per heavy atom. The molecule has 37 heavy (non-hydrogen) atoms. The Bertz CT molecular complexity index is 883. The Kier molecular flexibility index (Phi) is 10.9. The molecule has 3 aliphatic heterocycles. The van der Waals surface area contributed by atoms with Gasteiger partial charge in [0.15, 0.2) is 17.3 Å². The number of nitrogens with zero attached hydrogens (tertiary/aromatic N) is 1. The van der Waals surface area contributed by atoms with Crippen LogP contribution in [0.3, 0.4) is 0 Å². The summed E-state index contributed by atoms with van der Waals surface area (Å²) in [6, 6.07) is 5.94. The SMILES string of the molecule is CCOC1OC(C(=O)N2CCCCCCC2)=CC(c2ccc3c(c2)OCO3)C1CCOCCOCCO. The highest BCUT2D eigenvalue weighted by Crippen LogP contribution is 2.42. The molecule has 3 atom stereocenters. The zero-order valence-electron chi connectivity index (χ0n) is 21.9. The normalized spacial score (nSPS) is 23.7. The molecule has 0 radical (unpaired) electrons. The van der Waals surface area contributed by atoms with E-state index in [1.807, 2.05) is 36.1 Å². The first-order valence-corrected chi connectivity index (χ1v) is 13.7. The molecule has 3 aliphatic rings. The maximum Gasteiger partial charge on any atom is 0.288 e. The zero-order valence-corrected chi connectivity index (χ0v) is 21.9. The largest absolute Gasteiger partial charge is 0.459 e. The lowest BCUT2D eigenvalue weighted by Crippen LogP contribution is -2.41. The number of amides is 1. The molecule has 9 nitrogen and oxygen atoms in total. The van der Waals surface area contributed by atoms with E-state index >= 15 is 0 Å². The molecule has 206 valence electrons. The van der Waals surface area contributed by atoms with Gasteiger partial charge in [-0.15, -0.1) is 0 Å². The molecule has 9 heteroatoms. The van der Waals surface area contributed by atoms with Crippen molar-refractivity contribution >= 4 is 5.91 Å². The summed E-state index contributed by atoms with van der Waals surface area (Å²) in [7, 11) is 0. The second-order valence-electron chi connectivity index (χ2n) is 9.57. The van der Waals surface area contributed by atoms with E-state index in [2.05, 4.69) is 0 Å². The Balaban J connectivity index is 1.54. The summed E-state index contributed by atoms with van der Waals surface area (Å²) in [4.78, 5) is 15.5. The van der Waals surface area contributed by atoms with Gasteiger partial charge in [0.25, 0.3) is 5.91 Å². The molecule has 3 heterocycles. The molecular formula is C28H41NO8. The fourth-order valence-corrected chi connectivity index (χ4v) is 5.14. The third kappa shape index (κ3) is 7.60. The molecule has 1 N–H and O–H groups in total. The van der Waals surface area contributed by atoms with Gasteiger partial charge in [-0.25, -0.2) is 0 Å². The van der Waals surface area contributed by atoms with Crippen molar-refractivity contribution in [1.29, 1.82) is 0 Å². The summed E-state index contributed by atoms with van der Waals surface area (Å²) in [5, 5.41) is 8.84. The predicted octanol–water partition coefficient (Wildman–Crippen LogP) is 3.60. The number of fused-ring (bicyclic) bond motifs is 1. The van der Waals surface area contributed by atoms with Crippen LogP contribution in [0.4, 0.5) is 0 Å². The van der Waals surface area contributed by atoms with Crippen molar-refractivity contribution in [3.8, 4) is 11.5 Å². The van der Waals surface area contributed by atoms with Gasteiger partial charge in [0.1, 0.15) is 0 Å². The molecule has 4 rings (SSSR count). The lowest BCUT2D eigenvalue weighted by atomic mass is 9.81. The average molecular weight is 520 g/mol. The van der Waals surface area contributed by atoms with Crippen molar-refractivity contribution in [2.45, 2.75) is 57.7 Å². The van der Waals surface area contributed by atoms with E-state index in [-0.39, 0.29) is 31.1 Å². The summed E-state index contributed by atoms with van der Waals surface area (Å²) in [6.07, 6.45) is 7.62. The number of rotatable bonds is 12. The van der Waals surface area contributed by atoms with Crippen LogP contribution in [-0.2, 0) is 23.7 Å². The number of allylic oxidation sites excluding steroid dienone is 1. The Morgan fingerprint density at radius 3 is 2.49 bits per heavy atom. The maximum absolute atomic E-state index is 13.6. The average Bonchev–Trinajstić information content (AvgIpc) is 3.36. The number of hydrogen-bond donors (Lipinski definition) is 1. The fourth-order valence-electron chi connectivity index (χ4n) is 5.14. The Labute approximate surface area is 219 Å². The molecule has 0 aromatic heterocycles. The van der Waals surface area contributed by atoms with Crippen LogP contribution in [0.25, 0.3) is 0 Å². The Hall–Kier alpha value is -2.33. The van der Waals surface area contributed by atoms with Crippen LogP contribution in [-0.4, -0.2) is 81.7 Å². The smallest absolute Gasteiger partial charge is 0.288 e. The van der Waals surface area contributed by atoms with Crippen molar-refractivity contribution in [3.05, 3.63) is 35.6 Å². The van der Waals surface area contributed by atoms with Gasteiger partial charge in [0, 0.05) is 38.1 Å². The van der Waals surface area contributed by atoms with Crippen LogP contribution in [0.5, 0.6) is 11.5 Å². The van der Waals surface area contributed by atoms with Crippen LogP contribution in [0, 0.1) is 5.92 Å². The van der Waals surface area contributed by atoms with Gasteiger partial charge in [0.05, 0.1) is 26.4 Å². The van der Waals surface area contributed by atoms with Gasteiger partial charge in [-0.05, 0) is 50.0 Å². The van der Waals surface area contributed by atoms with E-state index in [0.29, 0.717) is 51.0 Å². The van der Waals surface area contributed by atoms with Gasteiger partial charge >= 0.3 is 0 Å². The monoisotopic (exact) mass is 519 g/mol. The predicted molar refractivity (Wildman–Crippen MR) is 136 cm³/mol. The number of benzene rings is 1. The number of aliphatic hydroxyl groups is 1. The number of aliphatic hydroxyl groups excluding tert-OH is 1. The van der Waals surface area contributed by atoms with Gasteiger partial charge in [-0.3, -0.25) is 4.79 Å². The van der Waals surface area contributed by atoms with Crippen molar-refractivity contribution in [1.82, 2.24) is 4.90 Å². The summed E-state index contributed by atoms with van der Waals surface area (Å²) in [6.45, 7) is 5.77. The van der Waals surface area contributed by atoms with E-state index in [9.17, 15) is 4.79 Å². The molecule has 0 saturated carbocycles. The summed E-state index contributed by atoms with van der Waals surface area (Å²) in [5.41, 5.74) is 1.02. The topological polar surface area (TPSA) is 95.9 Å². The van der Waals surface area contributed by atoms with Gasteiger partial charge < -0.3 is 38.4 Å². The molecular weight excluding hydrogens is 478 g/mol. The molecule has 1 amide bonds. The first-order chi connectivity index (χ1) is 18.2. The van der Waals surface area contributed by atoms with Crippen LogP contribution in [0.15, 0.2) is 30.0 Å². The lowest BCUT2D eigenvalue weighted by Gasteiger charge is -2.38. The number of carbonyl (C=O) groups is 1. The zero-order chi connectivity index (χ0) is 25.9. The molecule has 0 spiro atoms. The minimum absolute atomic E-state index is 0.00250. The molecule has 1 fully saturated rings. The minimum Gasteiger partial charge on any atom is -0.459 e. The van der Waals surface area contributed by atoms with Crippen LogP contribution in [0.2, 0.25) is 0 Å². The summed E-state index contributed by atoms with van der Waals surface area (Å²) < 4.78 is 34.6. The van der Waals surface area contributed by atoms with Crippen molar-refractivity contribution in [3.63, 3.8) is 0 Å². The summed E-state index contributed by atoms with van der Waals surface area (Å²) >= 11 is 0. The number of carbonyl (C=O) groups excluding carboxylic acids is 1. The van der Waals surface area contributed by atoms with E-state index in [0.717, 1.165) is 50.1 Å². The molecule has 0 bridgehead atoms. The summed E-state index contributed by atoms with van der Waals surface area (Å²) in [5.74, 6) is 1.54. The second kappa shape index (κ2) is 14.6. The van der Waals surface area contributed by atoms with Gasteiger partial charge in [-0.1, -0.05) is 25.3 Å². The molecule has 3 unspecified atom stereocenters. The van der Waals surface area contributed by atoms with E-state index in [1.165, 1.54) is 6.42 Å². The third-order valence-corrected chi connectivity index (χ3v) is 7.05. The quantitative estimate of drug-likeness (QED) is 0.419. The molecule has 1 aromatic carbocycles. The maximum atomic E-state index is 13.6. The minimum atomic E-state index is -0.576. The fraction of sp³-hybridized carbons (Fsp3) is 0.679. The third-order valence-electron chi connectivity index (χ3n) is 7.05. The molecule has 1 aromatic rings. The van der Waals surface area contributed by atoms with Crippen molar-refractivity contribution in [2.24, 2.45) is 5.92 Å². The lowest BCUT2D eigenvalue weighted by molar-refractivity contribution is -0.172. The van der Waals surface area contributed by atoms with Gasteiger partial charge in [-0.2, -0.15) is 0 Å². The van der Waals surface area contributed by atoms with Crippen LogP contribution >= 0.6 is 0 Å². The molecule has 0 aliphatic carbocycles.